The Morgan fingerprint density at radius 1 is 1.24 bits per heavy atom. The van der Waals surface area contributed by atoms with Gasteiger partial charge in [0.25, 0.3) is 0 Å². The van der Waals surface area contributed by atoms with E-state index in [9.17, 15) is 5.11 Å². The molecule has 108 valence electrons. The van der Waals surface area contributed by atoms with Gasteiger partial charge in [-0.2, -0.15) is 5.10 Å². The Balaban J connectivity index is 1.87. The number of hydrogen-bond donors (Lipinski definition) is 1. The molecule has 1 heterocycles. The predicted molar refractivity (Wildman–Crippen MR) is 85.1 cm³/mol. The SMILES string of the molecule is Cn1nc(COc2ccc(Br)cc2CO)c2ccccc21. The van der Waals surface area contributed by atoms with Crippen molar-refractivity contribution in [3.63, 3.8) is 0 Å². The van der Waals surface area contributed by atoms with Crippen LogP contribution in [0.25, 0.3) is 10.9 Å². The van der Waals surface area contributed by atoms with Gasteiger partial charge in [-0.05, 0) is 24.3 Å². The Bertz CT molecular complexity index is 783. The molecule has 0 atom stereocenters. The molecule has 0 aliphatic carbocycles. The molecular formula is C16H15BrN2O2. The minimum absolute atomic E-state index is 0.0578. The number of para-hydroxylation sites is 1. The lowest BCUT2D eigenvalue weighted by atomic mass is 10.2. The van der Waals surface area contributed by atoms with Crippen LogP contribution >= 0.6 is 15.9 Å². The Morgan fingerprint density at radius 3 is 2.86 bits per heavy atom. The molecule has 2 aromatic carbocycles. The highest BCUT2D eigenvalue weighted by molar-refractivity contribution is 9.10. The Kier molecular flexibility index (Phi) is 3.94. The molecule has 0 saturated heterocycles. The summed E-state index contributed by atoms with van der Waals surface area (Å²) < 4.78 is 8.60. The van der Waals surface area contributed by atoms with Gasteiger partial charge < -0.3 is 9.84 Å². The number of rotatable bonds is 4. The van der Waals surface area contributed by atoms with E-state index in [1.54, 1.807) is 0 Å². The fourth-order valence-corrected chi connectivity index (χ4v) is 2.76. The largest absolute Gasteiger partial charge is 0.487 e. The monoisotopic (exact) mass is 346 g/mol. The first kappa shape index (κ1) is 14.1. The normalized spacial score (nSPS) is 11.0. The number of ether oxygens (including phenoxy) is 1. The molecule has 0 radical (unpaired) electrons. The molecule has 1 N–H and O–H groups in total. The molecule has 0 spiro atoms. The minimum atomic E-state index is -0.0578. The van der Waals surface area contributed by atoms with Gasteiger partial charge in [-0.15, -0.1) is 0 Å². The zero-order valence-electron chi connectivity index (χ0n) is 11.6. The zero-order chi connectivity index (χ0) is 14.8. The van der Waals surface area contributed by atoms with Gasteiger partial charge in [0.15, 0.2) is 0 Å². The van der Waals surface area contributed by atoms with Gasteiger partial charge in [0.1, 0.15) is 18.1 Å². The molecular weight excluding hydrogens is 332 g/mol. The van der Waals surface area contributed by atoms with Gasteiger partial charge >= 0.3 is 0 Å². The molecule has 0 amide bonds. The highest BCUT2D eigenvalue weighted by Gasteiger charge is 2.10. The van der Waals surface area contributed by atoms with Gasteiger partial charge in [0.2, 0.25) is 0 Å². The van der Waals surface area contributed by atoms with Crippen molar-refractivity contribution in [2.24, 2.45) is 7.05 Å². The molecule has 0 unspecified atom stereocenters. The summed E-state index contributed by atoms with van der Waals surface area (Å²) in [5.41, 5.74) is 2.72. The van der Waals surface area contributed by atoms with E-state index in [2.05, 4.69) is 21.0 Å². The number of fused-ring (bicyclic) bond motifs is 1. The van der Waals surface area contributed by atoms with Gasteiger partial charge in [-0.25, -0.2) is 0 Å². The smallest absolute Gasteiger partial charge is 0.133 e. The fourth-order valence-electron chi connectivity index (χ4n) is 2.35. The number of halogens is 1. The highest BCUT2D eigenvalue weighted by Crippen LogP contribution is 2.25. The number of aryl methyl sites for hydroxylation is 1. The van der Waals surface area contributed by atoms with E-state index >= 15 is 0 Å². The summed E-state index contributed by atoms with van der Waals surface area (Å²) in [6, 6.07) is 13.7. The summed E-state index contributed by atoms with van der Waals surface area (Å²) in [5, 5.41) is 15.0. The van der Waals surface area contributed by atoms with Crippen LogP contribution < -0.4 is 4.74 Å². The van der Waals surface area contributed by atoms with Crippen molar-refractivity contribution < 1.29 is 9.84 Å². The summed E-state index contributed by atoms with van der Waals surface area (Å²) in [7, 11) is 1.92. The summed E-state index contributed by atoms with van der Waals surface area (Å²) in [5.74, 6) is 0.676. The average Bonchev–Trinajstić information content (AvgIpc) is 2.83. The highest BCUT2D eigenvalue weighted by atomic mass is 79.9. The minimum Gasteiger partial charge on any atom is -0.487 e. The molecule has 0 saturated carbocycles. The van der Waals surface area contributed by atoms with Gasteiger partial charge in [0, 0.05) is 22.5 Å². The summed E-state index contributed by atoms with van der Waals surface area (Å²) in [6.45, 7) is 0.313. The van der Waals surface area contributed by atoms with E-state index in [4.69, 9.17) is 4.74 Å². The lowest BCUT2D eigenvalue weighted by molar-refractivity contribution is 0.257. The van der Waals surface area contributed by atoms with Gasteiger partial charge in [-0.3, -0.25) is 4.68 Å². The van der Waals surface area contributed by atoms with E-state index in [0.717, 1.165) is 26.6 Å². The maximum absolute atomic E-state index is 9.40. The van der Waals surface area contributed by atoms with Crippen molar-refractivity contribution in [2.75, 3.05) is 0 Å². The third-order valence-corrected chi connectivity index (χ3v) is 3.88. The standard InChI is InChI=1S/C16H15BrN2O2/c1-19-15-5-3-2-4-13(15)14(18-19)10-21-16-7-6-12(17)8-11(16)9-20/h2-8,20H,9-10H2,1H3. The predicted octanol–water partition coefficient (Wildman–Crippen LogP) is 3.41. The summed E-state index contributed by atoms with van der Waals surface area (Å²) >= 11 is 3.39. The molecule has 21 heavy (non-hydrogen) atoms. The third-order valence-electron chi connectivity index (χ3n) is 3.39. The van der Waals surface area contributed by atoms with Crippen LogP contribution in [0.5, 0.6) is 5.75 Å². The lowest BCUT2D eigenvalue weighted by Crippen LogP contribution is -2.00. The molecule has 5 heteroatoms. The van der Waals surface area contributed by atoms with E-state index in [-0.39, 0.29) is 6.61 Å². The number of benzene rings is 2. The first-order valence-corrected chi connectivity index (χ1v) is 7.41. The maximum atomic E-state index is 9.40. The second kappa shape index (κ2) is 5.87. The number of hydrogen-bond acceptors (Lipinski definition) is 3. The first-order chi connectivity index (χ1) is 10.2. The first-order valence-electron chi connectivity index (χ1n) is 6.61. The Labute approximate surface area is 131 Å². The molecule has 1 aromatic heterocycles. The number of nitrogens with zero attached hydrogens (tertiary/aromatic N) is 2. The molecule has 0 aliphatic heterocycles. The van der Waals surface area contributed by atoms with Gasteiger partial charge in [0.05, 0.1) is 12.1 Å². The molecule has 4 nitrogen and oxygen atoms in total. The fraction of sp³-hybridized carbons (Fsp3) is 0.188. The summed E-state index contributed by atoms with van der Waals surface area (Å²) in [6.07, 6.45) is 0. The second-order valence-electron chi connectivity index (χ2n) is 4.79. The van der Waals surface area contributed by atoms with Gasteiger partial charge in [-0.1, -0.05) is 34.1 Å². The van der Waals surface area contributed by atoms with Crippen LogP contribution in [0.4, 0.5) is 0 Å². The third kappa shape index (κ3) is 2.80. The van der Waals surface area contributed by atoms with E-state index in [1.807, 2.05) is 54.2 Å². The quantitative estimate of drug-likeness (QED) is 0.787. The lowest BCUT2D eigenvalue weighted by Gasteiger charge is -2.09. The van der Waals surface area contributed by atoms with E-state index in [1.165, 1.54) is 0 Å². The van der Waals surface area contributed by atoms with E-state index in [0.29, 0.717) is 12.4 Å². The topological polar surface area (TPSA) is 47.3 Å². The van der Waals surface area contributed by atoms with Crippen molar-refractivity contribution in [2.45, 2.75) is 13.2 Å². The van der Waals surface area contributed by atoms with Crippen molar-refractivity contribution in [1.82, 2.24) is 9.78 Å². The van der Waals surface area contributed by atoms with Crippen molar-refractivity contribution in [1.29, 1.82) is 0 Å². The molecule has 0 aliphatic rings. The number of aliphatic hydroxyl groups excluding tert-OH is 1. The zero-order valence-corrected chi connectivity index (χ0v) is 13.2. The Hall–Kier alpha value is -1.85. The van der Waals surface area contributed by atoms with Crippen LogP contribution in [0.1, 0.15) is 11.3 Å². The van der Waals surface area contributed by atoms with Crippen molar-refractivity contribution in [3.8, 4) is 5.75 Å². The number of aliphatic hydroxyl groups is 1. The average molecular weight is 347 g/mol. The second-order valence-corrected chi connectivity index (χ2v) is 5.70. The van der Waals surface area contributed by atoms with Crippen LogP contribution in [0.3, 0.4) is 0 Å². The van der Waals surface area contributed by atoms with Crippen LogP contribution in [0.15, 0.2) is 46.9 Å². The van der Waals surface area contributed by atoms with Crippen LogP contribution in [-0.4, -0.2) is 14.9 Å². The summed E-state index contributed by atoms with van der Waals surface area (Å²) in [4.78, 5) is 0. The molecule has 0 fully saturated rings. The van der Waals surface area contributed by atoms with Crippen molar-refractivity contribution in [3.05, 3.63) is 58.2 Å². The molecule has 3 aromatic rings. The maximum Gasteiger partial charge on any atom is 0.133 e. The molecule has 0 bridgehead atoms. The van der Waals surface area contributed by atoms with Crippen LogP contribution in [0.2, 0.25) is 0 Å². The molecule has 3 rings (SSSR count). The van der Waals surface area contributed by atoms with Crippen molar-refractivity contribution >= 4 is 26.8 Å². The Morgan fingerprint density at radius 2 is 2.05 bits per heavy atom. The van der Waals surface area contributed by atoms with Crippen LogP contribution in [-0.2, 0) is 20.3 Å². The number of aromatic nitrogens is 2. The van der Waals surface area contributed by atoms with Crippen LogP contribution in [0, 0.1) is 0 Å². The van der Waals surface area contributed by atoms with E-state index < -0.39 is 0 Å².